The Balaban J connectivity index is 1.83. The second kappa shape index (κ2) is 5.25. The molecular formula is C14H19ClN2O2. The van der Waals surface area contributed by atoms with Crippen molar-refractivity contribution in [3.05, 3.63) is 16.9 Å². The molecule has 0 saturated heterocycles. The largest absolute Gasteiger partial charge is 0.383 e. The molecule has 1 aromatic heterocycles. The minimum absolute atomic E-state index is 0.176. The summed E-state index contributed by atoms with van der Waals surface area (Å²) in [6.07, 6.45) is 6.34. The number of methoxy groups -OCH3 is 1. The summed E-state index contributed by atoms with van der Waals surface area (Å²) in [5, 5.41) is 4.68. The second-order valence-corrected chi connectivity index (χ2v) is 6.03. The number of aromatic nitrogens is 2. The van der Waals surface area contributed by atoms with E-state index in [1.54, 1.807) is 18.0 Å². The number of carbonyl (C=O) groups is 1. The minimum atomic E-state index is 0.176. The van der Waals surface area contributed by atoms with Crippen molar-refractivity contribution in [2.24, 2.45) is 17.8 Å². The lowest BCUT2D eigenvalue weighted by Gasteiger charge is -2.15. The van der Waals surface area contributed by atoms with Gasteiger partial charge >= 0.3 is 0 Å². The highest BCUT2D eigenvalue weighted by Gasteiger charge is 2.46. The molecule has 1 heterocycles. The van der Waals surface area contributed by atoms with Gasteiger partial charge in [-0.2, -0.15) is 5.10 Å². The van der Waals surface area contributed by atoms with Crippen LogP contribution in [0.2, 0.25) is 5.02 Å². The Bertz CT molecular complexity index is 466. The molecule has 3 rings (SSSR count). The molecule has 2 saturated carbocycles. The summed E-state index contributed by atoms with van der Waals surface area (Å²) in [5.41, 5.74) is 0.586. The molecule has 4 nitrogen and oxygen atoms in total. The Hall–Kier alpha value is -0.870. The van der Waals surface area contributed by atoms with E-state index in [2.05, 4.69) is 5.10 Å². The van der Waals surface area contributed by atoms with E-state index in [1.165, 1.54) is 25.7 Å². The molecule has 1 aromatic rings. The van der Waals surface area contributed by atoms with Crippen molar-refractivity contribution in [2.45, 2.75) is 32.2 Å². The van der Waals surface area contributed by atoms with Gasteiger partial charge in [-0.15, -0.1) is 0 Å². The van der Waals surface area contributed by atoms with Crippen molar-refractivity contribution in [1.82, 2.24) is 9.78 Å². The van der Waals surface area contributed by atoms with E-state index in [0.29, 0.717) is 35.7 Å². The lowest BCUT2D eigenvalue weighted by atomic mass is 9.91. The molecule has 2 aliphatic carbocycles. The zero-order valence-electron chi connectivity index (χ0n) is 11.1. The molecule has 0 atom stereocenters. The van der Waals surface area contributed by atoms with Gasteiger partial charge in [0, 0.05) is 13.0 Å². The Morgan fingerprint density at radius 1 is 1.47 bits per heavy atom. The predicted molar refractivity (Wildman–Crippen MR) is 72.4 cm³/mol. The maximum absolute atomic E-state index is 12.8. The van der Waals surface area contributed by atoms with Crippen LogP contribution < -0.4 is 0 Å². The zero-order valence-corrected chi connectivity index (χ0v) is 11.9. The summed E-state index contributed by atoms with van der Waals surface area (Å²) < 4.78 is 6.75. The summed E-state index contributed by atoms with van der Waals surface area (Å²) in [6.45, 7) is 1.11. The van der Waals surface area contributed by atoms with E-state index >= 15 is 0 Å². The number of ketones is 1. The van der Waals surface area contributed by atoms with Gasteiger partial charge in [0.15, 0.2) is 5.78 Å². The van der Waals surface area contributed by atoms with Gasteiger partial charge in [0.2, 0.25) is 0 Å². The summed E-state index contributed by atoms with van der Waals surface area (Å²) in [4.78, 5) is 12.8. The van der Waals surface area contributed by atoms with E-state index in [1.807, 2.05) is 0 Å². The normalized spacial score (nSPS) is 19.1. The average molecular weight is 283 g/mol. The van der Waals surface area contributed by atoms with Crippen molar-refractivity contribution in [2.75, 3.05) is 13.7 Å². The summed E-state index contributed by atoms with van der Waals surface area (Å²) in [7, 11) is 1.64. The molecule has 0 amide bonds. The van der Waals surface area contributed by atoms with Gasteiger partial charge < -0.3 is 4.74 Å². The standard InChI is InChI=1S/C14H19ClN2O2/c1-19-7-6-17-13(11(15)8-16-17)14(18)12(9-2-3-9)10-4-5-10/h8-10,12H,2-7H2,1H3. The van der Waals surface area contributed by atoms with Gasteiger partial charge in [-0.05, 0) is 37.5 Å². The molecular weight excluding hydrogens is 264 g/mol. The molecule has 2 aliphatic rings. The second-order valence-electron chi connectivity index (χ2n) is 5.62. The van der Waals surface area contributed by atoms with Crippen LogP contribution in [0.4, 0.5) is 0 Å². The Labute approximate surface area is 118 Å². The molecule has 0 unspecified atom stereocenters. The number of Topliss-reactive ketones (excluding diaryl/α,β-unsaturated/α-hetero) is 1. The van der Waals surface area contributed by atoms with Gasteiger partial charge in [-0.1, -0.05) is 11.6 Å². The summed E-state index contributed by atoms with van der Waals surface area (Å²) in [5.74, 6) is 1.54. The predicted octanol–water partition coefficient (Wildman–Crippen LogP) is 2.80. The van der Waals surface area contributed by atoms with Crippen LogP contribution >= 0.6 is 11.6 Å². The van der Waals surface area contributed by atoms with Crippen LogP contribution in [-0.4, -0.2) is 29.3 Å². The fourth-order valence-corrected chi connectivity index (χ4v) is 3.07. The minimum Gasteiger partial charge on any atom is -0.383 e. The van der Waals surface area contributed by atoms with Crippen LogP contribution in [0.25, 0.3) is 0 Å². The lowest BCUT2D eigenvalue weighted by molar-refractivity contribution is 0.0872. The summed E-state index contributed by atoms with van der Waals surface area (Å²) in [6, 6.07) is 0. The van der Waals surface area contributed by atoms with Crippen molar-refractivity contribution >= 4 is 17.4 Å². The molecule has 2 fully saturated rings. The van der Waals surface area contributed by atoms with Gasteiger partial charge in [0.1, 0.15) is 5.69 Å². The molecule has 5 heteroatoms. The smallest absolute Gasteiger partial charge is 0.186 e. The van der Waals surface area contributed by atoms with Gasteiger partial charge in [0.05, 0.1) is 24.4 Å². The number of carbonyl (C=O) groups excluding carboxylic acids is 1. The quantitative estimate of drug-likeness (QED) is 0.722. The number of halogens is 1. The highest BCUT2D eigenvalue weighted by atomic mass is 35.5. The number of hydrogen-bond acceptors (Lipinski definition) is 3. The Morgan fingerprint density at radius 2 is 2.11 bits per heavy atom. The zero-order chi connectivity index (χ0) is 13.4. The number of ether oxygens (including phenoxy) is 1. The first-order chi connectivity index (χ1) is 9.22. The van der Waals surface area contributed by atoms with Crippen molar-refractivity contribution in [3.8, 4) is 0 Å². The molecule has 0 aliphatic heterocycles. The lowest BCUT2D eigenvalue weighted by Crippen LogP contribution is -2.23. The first-order valence-electron chi connectivity index (χ1n) is 6.97. The molecule has 0 radical (unpaired) electrons. The van der Waals surface area contributed by atoms with E-state index in [4.69, 9.17) is 16.3 Å². The maximum Gasteiger partial charge on any atom is 0.186 e. The Morgan fingerprint density at radius 3 is 2.63 bits per heavy atom. The van der Waals surface area contributed by atoms with Crippen molar-refractivity contribution in [3.63, 3.8) is 0 Å². The van der Waals surface area contributed by atoms with Crippen LogP contribution in [0.5, 0.6) is 0 Å². The summed E-state index contributed by atoms with van der Waals surface area (Å²) >= 11 is 6.17. The Kier molecular flexibility index (Phi) is 3.63. The molecule has 0 N–H and O–H groups in total. The maximum atomic E-state index is 12.8. The number of hydrogen-bond donors (Lipinski definition) is 0. The van der Waals surface area contributed by atoms with Crippen molar-refractivity contribution in [1.29, 1.82) is 0 Å². The van der Waals surface area contributed by atoms with Gasteiger partial charge in [-0.25, -0.2) is 0 Å². The van der Waals surface area contributed by atoms with E-state index in [-0.39, 0.29) is 11.7 Å². The third kappa shape index (κ3) is 2.70. The molecule has 0 spiro atoms. The van der Waals surface area contributed by atoms with Gasteiger partial charge in [0.25, 0.3) is 0 Å². The fraction of sp³-hybridized carbons (Fsp3) is 0.714. The van der Waals surface area contributed by atoms with E-state index in [0.717, 1.165) is 0 Å². The van der Waals surface area contributed by atoms with Gasteiger partial charge in [-0.3, -0.25) is 9.48 Å². The van der Waals surface area contributed by atoms with Crippen LogP contribution in [0.1, 0.15) is 36.2 Å². The molecule has 19 heavy (non-hydrogen) atoms. The van der Waals surface area contributed by atoms with Crippen LogP contribution in [-0.2, 0) is 11.3 Å². The third-order valence-electron chi connectivity index (χ3n) is 4.10. The fourth-order valence-electron chi connectivity index (χ4n) is 2.84. The molecule has 104 valence electrons. The van der Waals surface area contributed by atoms with Crippen LogP contribution in [0.15, 0.2) is 6.20 Å². The van der Waals surface area contributed by atoms with E-state index in [9.17, 15) is 4.79 Å². The van der Waals surface area contributed by atoms with E-state index < -0.39 is 0 Å². The topological polar surface area (TPSA) is 44.1 Å². The average Bonchev–Trinajstić information content (AvgIpc) is 3.29. The van der Waals surface area contributed by atoms with Crippen molar-refractivity contribution < 1.29 is 9.53 Å². The van der Waals surface area contributed by atoms with Crippen LogP contribution in [0.3, 0.4) is 0 Å². The van der Waals surface area contributed by atoms with Crippen LogP contribution in [0, 0.1) is 17.8 Å². The SMILES string of the molecule is COCCn1ncc(Cl)c1C(=O)C(C1CC1)C1CC1. The molecule has 0 bridgehead atoms. The highest BCUT2D eigenvalue weighted by molar-refractivity contribution is 6.33. The third-order valence-corrected chi connectivity index (χ3v) is 4.37. The monoisotopic (exact) mass is 282 g/mol. The number of nitrogens with zero attached hydrogens (tertiary/aromatic N) is 2. The number of rotatable bonds is 7. The first-order valence-corrected chi connectivity index (χ1v) is 7.34. The highest BCUT2D eigenvalue weighted by Crippen LogP contribution is 2.50. The first kappa shape index (κ1) is 13.1. The molecule has 0 aromatic carbocycles.